The number of allylic oxidation sites excluding steroid dienone is 2. The van der Waals surface area contributed by atoms with Crippen molar-refractivity contribution < 1.29 is 9.59 Å². The number of nitrogens with one attached hydrogen (secondary N) is 2. The molecule has 2 N–H and O–H groups in total. The van der Waals surface area contributed by atoms with Gasteiger partial charge in [-0.25, -0.2) is 0 Å². The van der Waals surface area contributed by atoms with E-state index in [9.17, 15) is 9.59 Å². The summed E-state index contributed by atoms with van der Waals surface area (Å²) in [7, 11) is 0. The second-order valence-electron chi connectivity index (χ2n) is 6.79. The summed E-state index contributed by atoms with van der Waals surface area (Å²) in [6.07, 6.45) is 7.26. The van der Waals surface area contributed by atoms with Gasteiger partial charge in [0.15, 0.2) is 12.6 Å². The molecular weight excluding hydrogens is 300 g/mol. The maximum atomic E-state index is 11.2. The number of H-pyrrole nitrogens is 2. The molecule has 4 heteroatoms. The van der Waals surface area contributed by atoms with Crippen LogP contribution >= 0.6 is 0 Å². The van der Waals surface area contributed by atoms with E-state index in [1.165, 1.54) is 11.1 Å². The third-order valence-corrected chi connectivity index (χ3v) is 5.53. The lowest BCUT2D eigenvalue weighted by Crippen LogP contribution is -2.06. The lowest BCUT2D eigenvalue weighted by atomic mass is 9.85. The highest BCUT2D eigenvalue weighted by atomic mass is 16.1. The number of hydrogen-bond donors (Lipinski definition) is 2. The first-order chi connectivity index (χ1) is 11.5. The zero-order chi connectivity index (χ0) is 17.4. The van der Waals surface area contributed by atoms with Crippen molar-refractivity contribution in [3.63, 3.8) is 0 Å². The predicted octanol–water partition coefficient (Wildman–Crippen LogP) is 4.55. The van der Waals surface area contributed by atoms with Crippen LogP contribution in [0.4, 0.5) is 0 Å². The van der Waals surface area contributed by atoms with E-state index in [0.29, 0.717) is 11.4 Å². The summed E-state index contributed by atoms with van der Waals surface area (Å²) in [5.74, 6) is 0.281. The minimum Gasteiger partial charge on any atom is -0.355 e. The van der Waals surface area contributed by atoms with Gasteiger partial charge in [0.1, 0.15) is 0 Å². The molecule has 0 bridgehead atoms. The van der Waals surface area contributed by atoms with E-state index in [0.717, 1.165) is 59.9 Å². The Bertz CT molecular complexity index is 836. The number of aromatic nitrogens is 2. The first-order valence-corrected chi connectivity index (χ1v) is 8.47. The maximum absolute atomic E-state index is 11.2. The summed E-state index contributed by atoms with van der Waals surface area (Å²) >= 11 is 0. The molecule has 0 radical (unpaired) electrons. The fourth-order valence-corrected chi connectivity index (χ4v) is 3.73. The number of aldehydes is 2. The molecule has 1 aliphatic carbocycles. The minimum absolute atomic E-state index is 0.281. The van der Waals surface area contributed by atoms with Crippen LogP contribution in [0.25, 0.3) is 5.57 Å². The van der Waals surface area contributed by atoms with Gasteiger partial charge in [0.2, 0.25) is 0 Å². The topological polar surface area (TPSA) is 65.7 Å². The second-order valence-corrected chi connectivity index (χ2v) is 6.79. The standard InChI is InChI=1S/C20H24N2O2/c1-11-13(3)19(21-17(11)9-23)15-6-5-7-16(8-15)20-14(4)12(2)18(10-24)22-20/h8-10,15,21-22H,5-7H2,1-4H3. The Kier molecular flexibility index (Phi) is 4.31. The molecule has 2 aromatic heterocycles. The number of aromatic amines is 2. The van der Waals surface area contributed by atoms with Crippen LogP contribution in [0.5, 0.6) is 0 Å². The Morgan fingerprint density at radius 2 is 1.54 bits per heavy atom. The predicted molar refractivity (Wildman–Crippen MR) is 95.9 cm³/mol. The van der Waals surface area contributed by atoms with Crippen molar-refractivity contribution in [3.8, 4) is 0 Å². The normalized spacial score (nSPS) is 17.7. The molecule has 126 valence electrons. The molecule has 1 unspecified atom stereocenters. The molecule has 4 nitrogen and oxygen atoms in total. The van der Waals surface area contributed by atoms with E-state index >= 15 is 0 Å². The number of rotatable bonds is 4. The molecule has 0 amide bonds. The number of carbonyl (C=O) groups is 2. The largest absolute Gasteiger partial charge is 0.355 e. The Hall–Kier alpha value is -2.36. The highest BCUT2D eigenvalue weighted by molar-refractivity contribution is 5.80. The van der Waals surface area contributed by atoms with Crippen molar-refractivity contribution >= 4 is 18.1 Å². The Morgan fingerprint density at radius 1 is 0.917 bits per heavy atom. The van der Waals surface area contributed by atoms with Gasteiger partial charge in [0.05, 0.1) is 11.4 Å². The second kappa shape index (κ2) is 6.27. The molecule has 2 heterocycles. The fraction of sp³-hybridized carbons (Fsp3) is 0.400. The highest BCUT2D eigenvalue weighted by Crippen LogP contribution is 2.38. The minimum atomic E-state index is 0.281. The van der Waals surface area contributed by atoms with Crippen LogP contribution in [0.1, 0.15) is 79.8 Å². The molecule has 0 saturated heterocycles. The molecule has 1 aliphatic rings. The van der Waals surface area contributed by atoms with Crippen molar-refractivity contribution in [1.82, 2.24) is 9.97 Å². The SMILES string of the molecule is Cc1c(C=O)[nH]c(C2=CC(c3[nH]c(C=O)c(C)c3C)CCC2)c1C. The van der Waals surface area contributed by atoms with E-state index in [2.05, 4.69) is 29.9 Å². The smallest absolute Gasteiger partial charge is 0.166 e. The molecule has 1 atom stereocenters. The van der Waals surface area contributed by atoms with Crippen molar-refractivity contribution in [1.29, 1.82) is 0 Å². The quantitative estimate of drug-likeness (QED) is 0.810. The van der Waals surface area contributed by atoms with E-state index in [-0.39, 0.29) is 5.92 Å². The summed E-state index contributed by atoms with van der Waals surface area (Å²) in [6, 6.07) is 0. The lowest BCUT2D eigenvalue weighted by molar-refractivity contribution is 0.111. The van der Waals surface area contributed by atoms with Crippen molar-refractivity contribution in [2.24, 2.45) is 0 Å². The lowest BCUT2D eigenvalue weighted by Gasteiger charge is -2.21. The van der Waals surface area contributed by atoms with Crippen LogP contribution in [0.3, 0.4) is 0 Å². The average Bonchev–Trinajstić information content (AvgIpc) is 3.05. The molecule has 0 fully saturated rings. The van der Waals surface area contributed by atoms with Crippen LogP contribution in [0.2, 0.25) is 0 Å². The van der Waals surface area contributed by atoms with Crippen LogP contribution in [-0.4, -0.2) is 22.5 Å². The van der Waals surface area contributed by atoms with E-state index in [1.807, 2.05) is 13.8 Å². The van der Waals surface area contributed by atoms with Gasteiger partial charge in [0.25, 0.3) is 0 Å². The average molecular weight is 324 g/mol. The Balaban J connectivity index is 2.03. The van der Waals surface area contributed by atoms with E-state index in [4.69, 9.17) is 0 Å². The molecule has 2 aromatic rings. The monoisotopic (exact) mass is 324 g/mol. The number of carbonyl (C=O) groups excluding carboxylic acids is 2. The molecule has 0 aromatic carbocycles. The van der Waals surface area contributed by atoms with E-state index in [1.54, 1.807) is 0 Å². The summed E-state index contributed by atoms with van der Waals surface area (Å²) in [6.45, 7) is 8.11. The first kappa shape index (κ1) is 16.5. The highest BCUT2D eigenvalue weighted by Gasteiger charge is 2.23. The summed E-state index contributed by atoms with van der Waals surface area (Å²) in [5, 5.41) is 0. The van der Waals surface area contributed by atoms with Crippen molar-refractivity contribution in [2.75, 3.05) is 0 Å². The summed E-state index contributed by atoms with van der Waals surface area (Å²) in [5.41, 5.74) is 9.22. The number of hydrogen-bond acceptors (Lipinski definition) is 2. The zero-order valence-electron chi connectivity index (χ0n) is 14.7. The van der Waals surface area contributed by atoms with Gasteiger partial charge >= 0.3 is 0 Å². The molecule has 0 aliphatic heterocycles. The summed E-state index contributed by atoms with van der Waals surface area (Å²) < 4.78 is 0. The van der Waals surface area contributed by atoms with Gasteiger partial charge < -0.3 is 9.97 Å². The van der Waals surface area contributed by atoms with Crippen LogP contribution < -0.4 is 0 Å². The zero-order valence-corrected chi connectivity index (χ0v) is 14.7. The fourth-order valence-electron chi connectivity index (χ4n) is 3.73. The van der Waals surface area contributed by atoms with Gasteiger partial charge in [-0.05, 0) is 74.8 Å². The molecule has 0 saturated carbocycles. The first-order valence-electron chi connectivity index (χ1n) is 8.47. The molecule has 0 spiro atoms. The molecular formula is C20H24N2O2. The van der Waals surface area contributed by atoms with Crippen molar-refractivity contribution in [3.05, 3.63) is 51.1 Å². The Labute approximate surface area is 142 Å². The van der Waals surface area contributed by atoms with Gasteiger partial charge in [-0.3, -0.25) is 9.59 Å². The van der Waals surface area contributed by atoms with Gasteiger partial charge in [-0.2, -0.15) is 0 Å². The summed E-state index contributed by atoms with van der Waals surface area (Å²) in [4.78, 5) is 29.0. The third kappa shape index (κ3) is 2.56. The van der Waals surface area contributed by atoms with E-state index < -0.39 is 0 Å². The van der Waals surface area contributed by atoms with Gasteiger partial charge in [-0.1, -0.05) is 6.08 Å². The molecule has 24 heavy (non-hydrogen) atoms. The molecule has 3 rings (SSSR count). The van der Waals surface area contributed by atoms with Crippen molar-refractivity contribution in [2.45, 2.75) is 52.9 Å². The van der Waals surface area contributed by atoms with Crippen LogP contribution in [0, 0.1) is 27.7 Å². The maximum Gasteiger partial charge on any atom is 0.166 e. The third-order valence-electron chi connectivity index (χ3n) is 5.53. The van der Waals surface area contributed by atoms with Gasteiger partial charge in [-0.15, -0.1) is 0 Å². The Morgan fingerprint density at radius 3 is 2.12 bits per heavy atom. The van der Waals surface area contributed by atoms with Gasteiger partial charge in [0, 0.05) is 17.3 Å². The van der Waals surface area contributed by atoms with Crippen LogP contribution in [-0.2, 0) is 0 Å². The van der Waals surface area contributed by atoms with Crippen LogP contribution in [0.15, 0.2) is 6.08 Å².